The van der Waals surface area contributed by atoms with Gasteiger partial charge in [-0.15, -0.1) is 0 Å². The first kappa shape index (κ1) is 14.6. The van der Waals surface area contributed by atoms with Gasteiger partial charge in [0.2, 0.25) is 0 Å². The number of aromatic nitrogens is 3. The van der Waals surface area contributed by atoms with Crippen LogP contribution in [0.1, 0.15) is 28.2 Å². The smallest absolute Gasteiger partial charge is 0.0726 e. The van der Waals surface area contributed by atoms with E-state index in [4.69, 9.17) is 4.98 Å². The fourth-order valence-electron chi connectivity index (χ4n) is 3.28. The Hall–Kier alpha value is -2.01. The Bertz CT molecular complexity index is 898. The van der Waals surface area contributed by atoms with Crippen LogP contribution in [0.25, 0.3) is 10.9 Å². The zero-order chi connectivity index (χ0) is 16.0. The number of hydrogen-bond donors (Lipinski definition) is 1. The summed E-state index contributed by atoms with van der Waals surface area (Å²) in [5, 5.41) is 9.43. The second-order valence-corrected chi connectivity index (χ2v) is 7.03. The maximum absolute atomic E-state index is 4.83. The first-order valence-corrected chi connectivity index (χ1v) is 9.02. The Kier molecular flexibility index (Phi) is 3.53. The standard InChI is InChI=1S/C18H20N4S/c1-11-14(12(2)22(3)21-11)8-19-18-13-6-4-5-7-16(13)20-17-10-23-9-15(17)18/h4-7H,8-10H2,1-3H3,(H,19,20). The van der Waals surface area contributed by atoms with Gasteiger partial charge in [-0.1, -0.05) is 18.2 Å². The number of rotatable bonds is 3. The van der Waals surface area contributed by atoms with Crippen LogP contribution >= 0.6 is 11.8 Å². The molecule has 1 N–H and O–H groups in total. The topological polar surface area (TPSA) is 42.7 Å². The minimum atomic E-state index is 0.802. The van der Waals surface area contributed by atoms with E-state index in [1.165, 1.54) is 33.6 Å². The van der Waals surface area contributed by atoms with E-state index in [0.29, 0.717) is 0 Å². The molecule has 0 bridgehead atoms. The van der Waals surface area contributed by atoms with Crippen LogP contribution in [0.2, 0.25) is 0 Å². The Labute approximate surface area is 140 Å². The molecule has 0 fully saturated rings. The summed E-state index contributed by atoms with van der Waals surface area (Å²) < 4.78 is 1.96. The van der Waals surface area contributed by atoms with E-state index in [1.54, 1.807) is 0 Å². The van der Waals surface area contributed by atoms with E-state index < -0.39 is 0 Å². The number of thioether (sulfide) groups is 1. The summed E-state index contributed by atoms with van der Waals surface area (Å²) in [6.07, 6.45) is 0. The number of nitrogens with one attached hydrogen (secondary N) is 1. The minimum Gasteiger partial charge on any atom is -0.380 e. The van der Waals surface area contributed by atoms with Crippen molar-refractivity contribution in [3.63, 3.8) is 0 Å². The summed E-state index contributed by atoms with van der Waals surface area (Å²) in [6.45, 7) is 5.01. The monoisotopic (exact) mass is 324 g/mol. The van der Waals surface area contributed by atoms with Gasteiger partial charge in [-0.2, -0.15) is 16.9 Å². The second kappa shape index (κ2) is 5.57. The highest BCUT2D eigenvalue weighted by molar-refractivity contribution is 7.98. The molecule has 2 aromatic heterocycles. The molecule has 5 heteroatoms. The number of fused-ring (bicyclic) bond motifs is 2. The molecule has 0 amide bonds. The fourth-order valence-corrected chi connectivity index (χ4v) is 4.33. The lowest BCUT2D eigenvalue weighted by Crippen LogP contribution is -2.06. The molecule has 1 aliphatic rings. The molecule has 0 radical (unpaired) electrons. The van der Waals surface area contributed by atoms with E-state index in [0.717, 1.165) is 29.3 Å². The van der Waals surface area contributed by atoms with E-state index in [9.17, 15) is 0 Å². The van der Waals surface area contributed by atoms with Crippen LogP contribution < -0.4 is 5.32 Å². The molecule has 118 valence electrons. The molecule has 0 atom stereocenters. The SMILES string of the molecule is Cc1nn(C)c(C)c1CNc1c2c(nc3ccccc13)CSC2. The lowest BCUT2D eigenvalue weighted by molar-refractivity contribution is 0.730. The number of aryl methyl sites for hydroxylation is 2. The van der Waals surface area contributed by atoms with Crippen molar-refractivity contribution in [2.45, 2.75) is 31.9 Å². The number of anilines is 1. The van der Waals surface area contributed by atoms with Crippen LogP contribution in [0.5, 0.6) is 0 Å². The Morgan fingerprint density at radius 3 is 2.83 bits per heavy atom. The molecule has 4 rings (SSSR count). The average molecular weight is 324 g/mol. The van der Waals surface area contributed by atoms with Gasteiger partial charge >= 0.3 is 0 Å². The van der Waals surface area contributed by atoms with Crippen LogP contribution in [0.15, 0.2) is 24.3 Å². The van der Waals surface area contributed by atoms with E-state index in [2.05, 4.69) is 48.5 Å². The Balaban J connectivity index is 1.77. The summed E-state index contributed by atoms with van der Waals surface area (Å²) in [6, 6.07) is 8.41. The van der Waals surface area contributed by atoms with Crippen LogP contribution in [0.3, 0.4) is 0 Å². The number of para-hydroxylation sites is 1. The molecule has 23 heavy (non-hydrogen) atoms. The predicted octanol–water partition coefficient (Wildman–Crippen LogP) is 3.94. The number of pyridine rings is 1. The first-order valence-electron chi connectivity index (χ1n) is 7.86. The summed E-state index contributed by atoms with van der Waals surface area (Å²) in [4.78, 5) is 4.83. The van der Waals surface area contributed by atoms with E-state index >= 15 is 0 Å². The molecule has 1 aliphatic heterocycles. The molecule has 0 unspecified atom stereocenters. The predicted molar refractivity (Wildman–Crippen MR) is 96.8 cm³/mol. The molecular formula is C18H20N4S. The maximum Gasteiger partial charge on any atom is 0.0726 e. The molecule has 3 aromatic rings. The highest BCUT2D eigenvalue weighted by Gasteiger charge is 2.20. The molecule has 0 saturated carbocycles. The molecule has 0 aliphatic carbocycles. The van der Waals surface area contributed by atoms with Gasteiger partial charge in [0, 0.05) is 53.0 Å². The van der Waals surface area contributed by atoms with Gasteiger partial charge in [0.05, 0.1) is 16.9 Å². The zero-order valence-corrected chi connectivity index (χ0v) is 14.5. The quantitative estimate of drug-likeness (QED) is 0.792. The van der Waals surface area contributed by atoms with Crippen LogP contribution in [0.4, 0.5) is 5.69 Å². The summed E-state index contributed by atoms with van der Waals surface area (Å²) in [5.41, 5.74) is 8.53. The van der Waals surface area contributed by atoms with Gasteiger partial charge in [0.15, 0.2) is 0 Å². The summed E-state index contributed by atoms with van der Waals surface area (Å²) in [7, 11) is 2.00. The molecule has 3 heterocycles. The minimum absolute atomic E-state index is 0.802. The molecular weight excluding hydrogens is 304 g/mol. The van der Waals surface area contributed by atoms with Gasteiger partial charge < -0.3 is 5.32 Å². The third-order valence-corrected chi connectivity index (χ3v) is 5.64. The lowest BCUT2D eigenvalue weighted by Gasteiger charge is -2.14. The fraction of sp³-hybridized carbons (Fsp3) is 0.333. The highest BCUT2D eigenvalue weighted by atomic mass is 32.2. The van der Waals surface area contributed by atoms with Gasteiger partial charge in [0.1, 0.15) is 0 Å². The molecule has 0 saturated heterocycles. The van der Waals surface area contributed by atoms with E-state index in [1.807, 2.05) is 23.5 Å². The van der Waals surface area contributed by atoms with Gasteiger partial charge in [-0.25, -0.2) is 0 Å². The molecule has 1 aromatic carbocycles. The first-order chi connectivity index (χ1) is 11.1. The largest absolute Gasteiger partial charge is 0.380 e. The van der Waals surface area contributed by atoms with Gasteiger partial charge in [-0.05, 0) is 19.9 Å². The highest BCUT2D eigenvalue weighted by Crippen LogP contribution is 2.38. The van der Waals surface area contributed by atoms with Crippen molar-refractivity contribution < 1.29 is 0 Å². The van der Waals surface area contributed by atoms with Gasteiger partial charge in [0.25, 0.3) is 0 Å². The van der Waals surface area contributed by atoms with Crippen molar-refractivity contribution in [2.75, 3.05) is 5.32 Å². The van der Waals surface area contributed by atoms with Crippen molar-refractivity contribution in [2.24, 2.45) is 7.05 Å². The lowest BCUT2D eigenvalue weighted by atomic mass is 10.1. The zero-order valence-electron chi connectivity index (χ0n) is 13.7. The maximum atomic E-state index is 4.83. The third-order valence-electron chi connectivity index (χ3n) is 4.66. The van der Waals surface area contributed by atoms with Crippen molar-refractivity contribution in [1.29, 1.82) is 0 Å². The van der Waals surface area contributed by atoms with Crippen LogP contribution in [0, 0.1) is 13.8 Å². The second-order valence-electron chi connectivity index (χ2n) is 6.05. The van der Waals surface area contributed by atoms with Crippen molar-refractivity contribution >= 4 is 28.4 Å². The Morgan fingerprint density at radius 1 is 1.22 bits per heavy atom. The summed E-state index contributed by atoms with van der Waals surface area (Å²) >= 11 is 1.94. The Morgan fingerprint density at radius 2 is 2.04 bits per heavy atom. The third kappa shape index (κ3) is 2.39. The molecule has 0 spiro atoms. The van der Waals surface area contributed by atoms with Gasteiger partial charge in [-0.3, -0.25) is 9.67 Å². The van der Waals surface area contributed by atoms with E-state index in [-0.39, 0.29) is 0 Å². The number of nitrogens with zero attached hydrogens (tertiary/aromatic N) is 3. The number of hydrogen-bond acceptors (Lipinski definition) is 4. The van der Waals surface area contributed by atoms with Crippen molar-refractivity contribution in [3.05, 3.63) is 52.5 Å². The molecule has 4 nitrogen and oxygen atoms in total. The van der Waals surface area contributed by atoms with Crippen molar-refractivity contribution in [1.82, 2.24) is 14.8 Å². The number of benzene rings is 1. The van der Waals surface area contributed by atoms with Crippen molar-refractivity contribution in [3.8, 4) is 0 Å². The normalized spacial score (nSPS) is 13.5. The average Bonchev–Trinajstić information content (AvgIpc) is 3.10. The summed E-state index contributed by atoms with van der Waals surface area (Å²) in [5.74, 6) is 2.06. The van der Waals surface area contributed by atoms with Crippen LogP contribution in [-0.2, 0) is 25.1 Å². The van der Waals surface area contributed by atoms with Crippen LogP contribution in [-0.4, -0.2) is 14.8 Å².